The molecule has 0 aromatic heterocycles. The van der Waals surface area contributed by atoms with Gasteiger partial charge in [0, 0.05) is 18.7 Å². The number of likely N-dealkylation sites (N-methyl/N-ethyl adjacent to an activating group) is 1. The Kier molecular flexibility index (Phi) is 6.95. The summed E-state index contributed by atoms with van der Waals surface area (Å²) in [6, 6.07) is 12.3. The van der Waals surface area contributed by atoms with Gasteiger partial charge in [-0.3, -0.25) is 9.59 Å². The molecule has 2 aromatic rings. The SMILES string of the molecule is COC(=O)c1ccc(C2C(=C(O)c3cccc(OC)c3)C(=O)C(=O)N2CCN(C)C)cc1. The quantitative estimate of drug-likeness (QED) is 0.307. The van der Waals surface area contributed by atoms with Gasteiger partial charge in [-0.25, -0.2) is 4.79 Å². The van der Waals surface area contributed by atoms with Gasteiger partial charge >= 0.3 is 5.97 Å². The van der Waals surface area contributed by atoms with Crippen LogP contribution < -0.4 is 4.74 Å². The molecule has 168 valence electrons. The number of aliphatic hydroxyl groups excluding tert-OH is 1. The Balaban J connectivity index is 2.13. The van der Waals surface area contributed by atoms with Gasteiger partial charge in [0.25, 0.3) is 11.7 Å². The van der Waals surface area contributed by atoms with Crippen LogP contribution in [0.4, 0.5) is 0 Å². The molecule has 32 heavy (non-hydrogen) atoms. The van der Waals surface area contributed by atoms with E-state index in [2.05, 4.69) is 0 Å². The third-order valence-electron chi connectivity index (χ3n) is 5.32. The van der Waals surface area contributed by atoms with E-state index in [4.69, 9.17) is 9.47 Å². The number of hydrogen-bond donors (Lipinski definition) is 1. The molecule has 1 atom stereocenters. The molecule has 1 heterocycles. The number of hydrogen-bond acceptors (Lipinski definition) is 7. The lowest BCUT2D eigenvalue weighted by Gasteiger charge is -2.26. The molecule has 1 amide bonds. The Morgan fingerprint density at radius 2 is 1.75 bits per heavy atom. The van der Waals surface area contributed by atoms with Crippen molar-refractivity contribution in [3.05, 3.63) is 70.8 Å². The highest BCUT2D eigenvalue weighted by molar-refractivity contribution is 6.46. The molecule has 1 saturated heterocycles. The standard InChI is InChI=1S/C24H26N2O6/c1-25(2)12-13-26-20(15-8-10-16(11-9-15)24(30)32-4)19(22(28)23(26)29)21(27)17-6-5-7-18(14-17)31-3/h5-11,14,20,27H,12-13H2,1-4H3. The number of nitrogens with zero attached hydrogens (tertiary/aromatic N) is 2. The van der Waals surface area contributed by atoms with Crippen molar-refractivity contribution in [2.75, 3.05) is 41.4 Å². The average molecular weight is 438 g/mol. The smallest absolute Gasteiger partial charge is 0.337 e. The minimum absolute atomic E-state index is 0.00664. The fourth-order valence-corrected chi connectivity index (χ4v) is 3.61. The van der Waals surface area contributed by atoms with Crippen LogP contribution in [0, 0.1) is 0 Å². The van der Waals surface area contributed by atoms with E-state index in [9.17, 15) is 19.5 Å². The highest BCUT2D eigenvalue weighted by Gasteiger charge is 2.45. The largest absolute Gasteiger partial charge is 0.507 e. The summed E-state index contributed by atoms with van der Waals surface area (Å²) in [5.41, 5.74) is 1.30. The second-order valence-corrected chi connectivity index (χ2v) is 7.64. The lowest BCUT2D eigenvalue weighted by atomic mass is 9.94. The number of benzene rings is 2. The second-order valence-electron chi connectivity index (χ2n) is 7.64. The molecule has 1 aliphatic rings. The fourth-order valence-electron chi connectivity index (χ4n) is 3.61. The van der Waals surface area contributed by atoms with Crippen molar-refractivity contribution in [3.8, 4) is 5.75 Å². The second kappa shape index (κ2) is 9.65. The molecular weight excluding hydrogens is 412 g/mol. The summed E-state index contributed by atoms with van der Waals surface area (Å²) in [7, 11) is 6.53. The van der Waals surface area contributed by atoms with E-state index in [0.717, 1.165) is 0 Å². The number of rotatable bonds is 7. The minimum atomic E-state index is -0.798. The fraction of sp³-hybridized carbons (Fsp3) is 0.292. The molecule has 8 nitrogen and oxygen atoms in total. The van der Waals surface area contributed by atoms with Crippen molar-refractivity contribution < 1.29 is 29.0 Å². The first-order valence-electron chi connectivity index (χ1n) is 10.0. The number of aliphatic hydroxyl groups is 1. The lowest BCUT2D eigenvalue weighted by molar-refractivity contribution is -0.140. The Bertz CT molecular complexity index is 1060. The predicted octanol–water partition coefficient (Wildman–Crippen LogP) is 2.47. The van der Waals surface area contributed by atoms with Crippen LogP contribution in [-0.4, -0.2) is 74.0 Å². The Morgan fingerprint density at radius 1 is 1.06 bits per heavy atom. The summed E-state index contributed by atoms with van der Waals surface area (Å²) in [4.78, 5) is 41.1. The first-order chi connectivity index (χ1) is 15.3. The molecule has 0 saturated carbocycles. The molecule has 1 aliphatic heterocycles. The molecular formula is C24H26N2O6. The summed E-state index contributed by atoms with van der Waals surface area (Å²) in [6.07, 6.45) is 0. The molecule has 3 rings (SSSR count). The number of likely N-dealkylation sites (tertiary alicyclic amines) is 1. The number of amides is 1. The van der Waals surface area contributed by atoms with E-state index in [1.54, 1.807) is 48.5 Å². The zero-order valence-electron chi connectivity index (χ0n) is 18.5. The number of ketones is 1. The maximum Gasteiger partial charge on any atom is 0.337 e. The molecule has 0 aliphatic carbocycles. The number of methoxy groups -OCH3 is 2. The summed E-state index contributed by atoms with van der Waals surface area (Å²) >= 11 is 0. The monoisotopic (exact) mass is 438 g/mol. The summed E-state index contributed by atoms with van der Waals surface area (Å²) < 4.78 is 9.95. The molecule has 0 bridgehead atoms. The van der Waals surface area contributed by atoms with Crippen LogP contribution in [-0.2, 0) is 14.3 Å². The molecule has 0 spiro atoms. The maximum atomic E-state index is 13.0. The van der Waals surface area contributed by atoms with Gasteiger partial charge in [0.15, 0.2) is 0 Å². The zero-order valence-corrected chi connectivity index (χ0v) is 18.5. The minimum Gasteiger partial charge on any atom is -0.507 e. The summed E-state index contributed by atoms with van der Waals surface area (Å²) in [6.45, 7) is 0.818. The van der Waals surface area contributed by atoms with Gasteiger partial charge in [-0.2, -0.15) is 0 Å². The van der Waals surface area contributed by atoms with Crippen LogP contribution in [0.15, 0.2) is 54.1 Å². The van der Waals surface area contributed by atoms with Crippen molar-refractivity contribution in [1.82, 2.24) is 9.80 Å². The van der Waals surface area contributed by atoms with Crippen LogP contribution in [0.5, 0.6) is 5.75 Å². The normalized spacial score (nSPS) is 17.7. The van der Waals surface area contributed by atoms with Gasteiger partial charge in [-0.1, -0.05) is 24.3 Å². The lowest BCUT2D eigenvalue weighted by Crippen LogP contribution is -2.35. The van der Waals surface area contributed by atoms with Gasteiger partial charge in [-0.15, -0.1) is 0 Å². The van der Waals surface area contributed by atoms with Gasteiger partial charge < -0.3 is 24.4 Å². The van der Waals surface area contributed by atoms with Crippen LogP contribution in [0.25, 0.3) is 5.76 Å². The molecule has 1 unspecified atom stereocenters. The Hall–Kier alpha value is -3.65. The number of carbonyl (C=O) groups is 3. The van der Waals surface area contributed by atoms with E-state index < -0.39 is 23.7 Å². The van der Waals surface area contributed by atoms with E-state index in [-0.39, 0.29) is 17.9 Å². The van der Waals surface area contributed by atoms with E-state index in [1.165, 1.54) is 19.1 Å². The third-order valence-corrected chi connectivity index (χ3v) is 5.32. The van der Waals surface area contributed by atoms with Crippen molar-refractivity contribution in [2.24, 2.45) is 0 Å². The molecule has 1 fully saturated rings. The van der Waals surface area contributed by atoms with Crippen molar-refractivity contribution in [2.45, 2.75) is 6.04 Å². The first kappa shape index (κ1) is 23.0. The molecule has 2 aromatic carbocycles. The average Bonchev–Trinajstić information content (AvgIpc) is 3.06. The highest BCUT2D eigenvalue weighted by Crippen LogP contribution is 2.39. The van der Waals surface area contributed by atoms with Gasteiger partial charge in [0.05, 0.1) is 31.4 Å². The third kappa shape index (κ3) is 4.50. The van der Waals surface area contributed by atoms with E-state index in [0.29, 0.717) is 29.0 Å². The molecule has 8 heteroatoms. The first-order valence-corrected chi connectivity index (χ1v) is 10.0. The van der Waals surface area contributed by atoms with Crippen LogP contribution in [0.3, 0.4) is 0 Å². The Labute approximate surface area is 186 Å². The number of Topliss-reactive ketones (excluding diaryl/α,β-unsaturated/α-hetero) is 1. The highest BCUT2D eigenvalue weighted by atomic mass is 16.5. The van der Waals surface area contributed by atoms with E-state index in [1.807, 2.05) is 19.0 Å². The molecule has 0 radical (unpaired) electrons. The Morgan fingerprint density at radius 3 is 2.34 bits per heavy atom. The summed E-state index contributed by atoms with van der Waals surface area (Å²) in [5.74, 6) is -1.70. The van der Waals surface area contributed by atoms with Crippen LogP contribution in [0.2, 0.25) is 0 Å². The maximum absolute atomic E-state index is 13.0. The van der Waals surface area contributed by atoms with Crippen molar-refractivity contribution >= 4 is 23.4 Å². The van der Waals surface area contributed by atoms with Crippen molar-refractivity contribution in [3.63, 3.8) is 0 Å². The molecule has 1 N–H and O–H groups in total. The number of esters is 1. The van der Waals surface area contributed by atoms with Crippen LogP contribution in [0.1, 0.15) is 27.5 Å². The number of ether oxygens (including phenoxy) is 2. The van der Waals surface area contributed by atoms with E-state index >= 15 is 0 Å². The predicted molar refractivity (Wildman–Crippen MR) is 118 cm³/mol. The van der Waals surface area contributed by atoms with Gasteiger partial charge in [-0.05, 0) is 43.9 Å². The number of carbonyl (C=O) groups excluding carboxylic acids is 3. The summed E-state index contributed by atoms with van der Waals surface area (Å²) in [5, 5.41) is 11.1. The zero-order chi connectivity index (χ0) is 23.4. The topological polar surface area (TPSA) is 96.4 Å². The van der Waals surface area contributed by atoms with Crippen LogP contribution >= 0.6 is 0 Å². The van der Waals surface area contributed by atoms with Gasteiger partial charge in [0.2, 0.25) is 0 Å². The van der Waals surface area contributed by atoms with Crippen molar-refractivity contribution in [1.29, 1.82) is 0 Å². The van der Waals surface area contributed by atoms with Gasteiger partial charge in [0.1, 0.15) is 11.5 Å².